The average Bonchev–Trinajstić information content (AvgIpc) is 2.61. The summed E-state index contributed by atoms with van der Waals surface area (Å²) >= 11 is 0. The number of halogens is 1. The maximum absolute atomic E-state index is 12.8. The standard InChI is InChI=1S/C18H29N3O3S.ClH/c1-13(11-19)12-20-18(22)16-6-8-21(9-7-16)25(23,24)17-5-4-14(2)15(3)10-17;/h4-5,10,13,16H,6-9,11-12,19H2,1-3H3,(H,20,22);1H. The SMILES string of the molecule is Cc1ccc(S(=O)(=O)N2CCC(C(=O)NCC(C)CN)CC2)cc1C.Cl. The fourth-order valence-corrected chi connectivity index (χ4v) is 4.44. The van der Waals surface area contributed by atoms with Crippen molar-refractivity contribution < 1.29 is 13.2 Å². The number of hydrogen-bond donors (Lipinski definition) is 2. The fraction of sp³-hybridized carbons (Fsp3) is 0.611. The summed E-state index contributed by atoms with van der Waals surface area (Å²) in [6, 6.07) is 5.21. The molecule has 1 fully saturated rings. The van der Waals surface area contributed by atoms with E-state index in [1.165, 1.54) is 4.31 Å². The summed E-state index contributed by atoms with van der Waals surface area (Å²) in [7, 11) is -3.49. The van der Waals surface area contributed by atoms with Gasteiger partial charge in [0.15, 0.2) is 0 Å². The van der Waals surface area contributed by atoms with Crippen molar-refractivity contribution in [1.29, 1.82) is 0 Å². The Morgan fingerprint density at radius 2 is 1.88 bits per heavy atom. The molecule has 1 atom stereocenters. The van der Waals surface area contributed by atoms with Crippen LogP contribution in [0.5, 0.6) is 0 Å². The van der Waals surface area contributed by atoms with Crippen LogP contribution in [0.3, 0.4) is 0 Å². The molecule has 6 nitrogen and oxygen atoms in total. The van der Waals surface area contributed by atoms with Crippen LogP contribution in [-0.2, 0) is 14.8 Å². The molecule has 0 saturated carbocycles. The first-order valence-electron chi connectivity index (χ1n) is 8.81. The number of nitrogens with one attached hydrogen (secondary N) is 1. The van der Waals surface area contributed by atoms with Crippen LogP contribution in [0.25, 0.3) is 0 Å². The molecule has 26 heavy (non-hydrogen) atoms. The van der Waals surface area contributed by atoms with E-state index in [4.69, 9.17) is 5.73 Å². The summed E-state index contributed by atoms with van der Waals surface area (Å²) in [5.41, 5.74) is 7.59. The topological polar surface area (TPSA) is 92.5 Å². The van der Waals surface area contributed by atoms with Crippen molar-refractivity contribution in [2.45, 2.75) is 38.5 Å². The van der Waals surface area contributed by atoms with Gasteiger partial charge < -0.3 is 11.1 Å². The van der Waals surface area contributed by atoms with Gasteiger partial charge >= 0.3 is 0 Å². The lowest BCUT2D eigenvalue weighted by molar-refractivity contribution is -0.126. The number of carbonyl (C=O) groups is 1. The second-order valence-corrected chi connectivity index (χ2v) is 8.95. The molecule has 1 aliphatic heterocycles. The number of piperidine rings is 1. The van der Waals surface area contributed by atoms with E-state index in [9.17, 15) is 13.2 Å². The number of rotatable bonds is 6. The lowest BCUT2D eigenvalue weighted by atomic mass is 9.97. The zero-order valence-electron chi connectivity index (χ0n) is 15.7. The largest absolute Gasteiger partial charge is 0.356 e. The highest BCUT2D eigenvalue weighted by Crippen LogP contribution is 2.25. The van der Waals surface area contributed by atoms with Gasteiger partial charge in [0.25, 0.3) is 0 Å². The summed E-state index contributed by atoms with van der Waals surface area (Å²) in [5.74, 6) is 0.119. The van der Waals surface area contributed by atoms with Crippen molar-refractivity contribution in [2.75, 3.05) is 26.2 Å². The lowest BCUT2D eigenvalue weighted by Crippen LogP contribution is -2.44. The maximum Gasteiger partial charge on any atom is 0.243 e. The monoisotopic (exact) mass is 403 g/mol. The number of carbonyl (C=O) groups excluding carboxylic acids is 1. The summed E-state index contributed by atoms with van der Waals surface area (Å²) < 4.78 is 27.1. The minimum Gasteiger partial charge on any atom is -0.356 e. The number of hydrogen-bond acceptors (Lipinski definition) is 4. The van der Waals surface area contributed by atoms with Crippen LogP contribution in [-0.4, -0.2) is 44.8 Å². The number of nitrogens with two attached hydrogens (primary N) is 1. The Labute approximate surface area is 163 Å². The highest BCUT2D eigenvalue weighted by Gasteiger charge is 2.32. The highest BCUT2D eigenvalue weighted by atomic mass is 35.5. The second-order valence-electron chi connectivity index (χ2n) is 7.01. The van der Waals surface area contributed by atoms with Crippen molar-refractivity contribution in [1.82, 2.24) is 9.62 Å². The third-order valence-electron chi connectivity index (χ3n) is 4.97. The molecule has 1 aliphatic rings. The number of aryl methyl sites for hydroxylation is 2. The van der Waals surface area contributed by atoms with Gasteiger partial charge in [-0.15, -0.1) is 12.4 Å². The van der Waals surface area contributed by atoms with Crippen LogP contribution < -0.4 is 11.1 Å². The van der Waals surface area contributed by atoms with E-state index >= 15 is 0 Å². The van der Waals surface area contributed by atoms with Gasteiger partial charge in [-0.05, 0) is 62.4 Å². The molecule has 3 N–H and O–H groups in total. The van der Waals surface area contributed by atoms with Gasteiger partial charge in [0.05, 0.1) is 4.90 Å². The summed E-state index contributed by atoms with van der Waals surface area (Å²) in [6.45, 7) is 7.70. The Kier molecular flexibility index (Phi) is 8.53. The maximum atomic E-state index is 12.8. The molecule has 2 rings (SSSR count). The summed E-state index contributed by atoms with van der Waals surface area (Å²) in [5, 5.41) is 2.92. The molecule has 1 heterocycles. The van der Waals surface area contributed by atoms with Gasteiger partial charge in [-0.25, -0.2) is 8.42 Å². The second kappa shape index (κ2) is 9.69. The van der Waals surface area contributed by atoms with Gasteiger partial charge in [0.2, 0.25) is 15.9 Å². The Balaban J connectivity index is 0.00000338. The molecule has 1 unspecified atom stereocenters. The van der Waals surface area contributed by atoms with Crippen molar-refractivity contribution in [3.05, 3.63) is 29.3 Å². The van der Waals surface area contributed by atoms with Crippen LogP contribution in [0.15, 0.2) is 23.1 Å². The Morgan fingerprint density at radius 3 is 2.42 bits per heavy atom. The first kappa shape index (κ1) is 22.9. The van der Waals surface area contributed by atoms with Crippen LogP contribution in [0.4, 0.5) is 0 Å². The van der Waals surface area contributed by atoms with Gasteiger partial charge in [0, 0.05) is 25.6 Å². The van der Waals surface area contributed by atoms with Crippen LogP contribution in [0.1, 0.15) is 30.9 Å². The lowest BCUT2D eigenvalue weighted by Gasteiger charge is -2.30. The van der Waals surface area contributed by atoms with E-state index in [0.29, 0.717) is 43.9 Å². The molecule has 0 radical (unpaired) electrons. The molecule has 0 aliphatic carbocycles. The van der Waals surface area contributed by atoms with E-state index < -0.39 is 10.0 Å². The molecule has 0 bridgehead atoms. The predicted molar refractivity (Wildman–Crippen MR) is 106 cm³/mol. The van der Waals surface area contributed by atoms with E-state index in [0.717, 1.165) is 11.1 Å². The number of sulfonamides is 1. The molecular weight excluding hydrogens is 374 g/mol. The zero-order valence-corrected chi connectivity index (χ0v) is 17.3. The quantitative estimate of drug-likeness (QED) is 0.757. The first-order valence-corrected chi connectivity index (χ1v) is 10.2. The van der Waals surface area contributed by atoms with Crippen LogP contribution in [0, 0.1) is 25.7 Å². The van der Waals surface area contributed by atoms with Crippen molar-refractivity contribution in [3.63, 3.8) is 0 Å². The molecule has 1 aromatic rings. The van der Waals surface area contributed by atoms with Crippen molar-refractivity contribution >= 4 is 28.3 Å². The molecule has 8 heteroatoms. The smallest absolute Gasteiger partial charge is 0.243 e. The van der Waals surface area contributed by atoms with Crippen LogP contribution in [0.2, 0.25) is 0 Å². The van der Waals surface area contributed by atoms with Crippen molar-refractivity contribution in [3.8, 4) is 0 Å². The third kappa shape index (κ3) is 5.42. The van der Waals surface area contributed by atoms with E-state index in [-0.39, 0.29) is 30.2 Å². The number of benzene rings is 1. The van der Waals surface area contributed by atoms with E-state index in [1.54, 1.807) is 12.1 Å². The van der Waals surface area contributed by atoms with Gasteiger partial charge in [-0.1, -0.05) is 13.0 Å². The minimum atomic E-state index is -3.49. The molecule has 0 spiro atoms. The zero-order chi connectivity index (χ0) is 18.6. The molecule has 1 saturated heterocycles. The Morgan fingerprint density at radius 1 is 1.27 bits per heavy atom. The number of amides is 1. The molecular formula is C18H30ClN3O3S. The summed E-state index contributed by atoms with van der Waals surface area (Å²) in [6.07, 6.45) is 1.10. The third-order valence-corrected chi connectivity index (χ3v) is 6.86. The predicted octanol–water partition coefficient (Wildman–Crippen LogP) is 1.84. The Bertz CT molecular complexity index is 716. The molecule has 0 aromatic heterocycles. The Hall–Kier alpha value is -1.15. The molecule has 148 valence electrons. The van der Waals surface area contributed by atoms with Gasteiger partial charge in [0.1, 0.15) is 0 Å². The van der Waals surface area contributed by atoms with E-state index in [2.05, 4.69) is 5.32 Å². The average molecular weight is 404 g/mol. The van der Waals surface area contributed by atoms with Crippen molar-refractivity contribution in [2.24, 2.45) is 17.6 Å². The fourth-order valence-electron chi connectivity index (χ4n) is 2.88. The normalized spacial score (nSPS) is 17.4. The minimum absolute atomic E-state index is 0. The van der Waals surface area contributed by atoms with Gasteiger partial charge in [-0.3, -0.25) is 4.79 Å². The highest BCUT2D eigenvalue weighted by molar-refractivity contribution is 7.89. The first-order chi connectivity index (χ1) is 11.8. The molecule has 1 amide bonds. The van der Waals surface area contributed by atoms with Crippen LogP contribution >= 0.6 is 12.4 Å². The van der Waals surface area contributed by atoms with E-state index in [1.807, 2.05) is 26.8 Å². The summed E-state index contributed by atoms with van der Waals surface area (Å²) in [4.78, 5) is 12.5. The molecule has 1 aromatic carbocycles. The van der Waals surface area contributed by atoms with Gasteiger partial charge in [-0.2, -0.15) is 4.31 Å². The number of nitrogens with zero attached hydrogens (tertiary/aromatic N) is 1.